The van der Waals surface area contributed by atoms with Gasteiger partial charge in [-0.2, -0.15) is 0 Å². The van der Waals surface area contributed by atoms with Gasteiger partial charge in [0.15, 0.2) is 0 Å². The van der Waals surface area contributed by atoms with Gasteiger partial charge in [0.05, 0.1) is 23.6 Å². The van der Waals surface area contributed by atoms with Gasteiger partial charge in [0.1, 0.15) is 12.5 Å². The summed E-state index contributed by atoms with van der Waals surface area (Å²) in [6.07, 6.45) is 7.49. The fraction of sp³-hybridized carbons (Fsp3) is 0.515. The maximum absolute atomic E-state index is 13.2. The zero-order chi connectivity index (χ0) is 31.3. The maximum atomic E-state index is 13.2. The van der Waals surface area contributed by atoms with E-state index in [4.69, 9.17) is 21.1 Å². The second-order valence-corrected chi connectivity index (χ2v) is 14.5. The van der Waals surface area contributed by atoms with Crippen molar-refractivity contribution in [2.45, 2.75) is 70.1 Å². The Bertz CT molecular complexity index is 1430. The molecule has 0 radical (unpaired) electrons. The Morgan fingerprint density at radius 2 is 1.88 bits per heavy atom. The molecule has 0 saturated heterocycles. The number of rotatable bonds is 3. The molecule has 2 aromatic rings. The van der Waals surface area contributed by atoms with E-state index >= 15 is 0 Å². The summed E-state index contributed by atoms with van der Waals surface area (Å²) in [4.78, 5) is 23.5. The first kappa shape index (κ1) is 33.0. The minimum absolute atomic E-state index is 0.0650. The van der Waals surface area contributed by atoms with Crippen molar-refractivity contribution in [2.75, 3.05) is 24.6 Å². The van der Waals surface area contributed by atoms with Crippen LogP contribution in [0.15, 0.2) is 48.6 Å². The fourth-order valence-electron chi connectivity index (χ4n) is 6.36. The molecule has 43 heavy (non-hydrogen) atoms. The standard InChI is InChI=1S/C32H41ClN2O5S.CH2O/c1-4-6-22-15-26(33)11-13-27(22)25-18-35-17-24-9-12-28(24)30(36)8-5-7-20(2)21(3)41(38,39)34-32(37)23-10-14-31(40-19-25)29(35)16-23;1-2/h5,8,10-11,13-16,20-21,24-25,28,30,36H,4,6-7,9,12,17-19H2,1-3H3,(H,34,37);1H2/b8-5+;. The number of carbonyl (C=O) groups excluding carboxylic acids is 2. The highest BCUT2D eigenvalue weighted by atomic mass is 35.5. The summed E-state index contributed by atoms with van der Waals surface area (Å²) in [6, 6.07) is 11.2. The number of carbonyl (C=O) groups is 2. The predicted molar refractivity (Wildman–Crippen MR) is 170 cm³/mol. The van der Waals surface area contributed by atoms with E-state index in [1.165, 1.54) is 11.1 Å². The third kappa shape index (κ3) is 7.44. The van der Waals surface area contributed by atoms with Crippen LogP contribution in [0.25, 0.3) is 0 Å². The molecular weight excluding hydrogens is 588 g/mol. The van der Waals surface area contributed by atoms with Gasteiger partial charge in [-0.15, -0.1) is 0 Å². The zero-order valence-electron chi connectivity index (χ0n) is 25.2. The number of benzene rings is 2. The first-order chi connectivity index (χ1) is 20.6. The number of nitrogens with one attached hydrogen (secondary N) is 1. The van der Waals surface area contributed by atoms with Gasteiger partial charge in [0.2, 0.25) is 10.0 Å². The number of hydrogen-bond donors (Lipinski definition) is 2. The summed E-state index contributed by atoms with van der Waals surface area (Å²) >= 11 is 6.36. The van der Waals surface area contributed by atoms with E-state index in [2.05, 4.69) is 22.6 Å². The van der Waals surface area contributed by atoms with E-state index in [0.717, 1.165) is 31.4 Å². The number of nitrogens with zero attached hydrogens (tertiary/aromatic N) is 1. The number of aliphatic hydroxyl groups excluding tert-OH is 1. The van der Waals surface area contributed by atoms with Gasteiger partial charge < -0.3 is 19.5 Å². The number of fused-ring (bicyclic) bond motifs is 2. The minimum Gasteiger partial charge on any atom is -0.491 e. The third-order valence-corrected chi connectivity index (χ3v) is 11.4. The van der Waals surface area contributed by atoms with Crippen LogP contribution in [0, 0.1) is 17.8 Å². The van der Waals surface area contributed by atoms with E-state index in [9.17, 15) is 18.3 Å². The van der Waals surface area contributed by atoms with Crippen molar-refractivity contribution >= 4 is 40.0 Å². The molecule has 2 heterocycles. The Labute approximate surface area is 260 Å². The van der Waals surface area contributed by atoms with Gasteiger partial charge in [0, 0.05) is 29.6 Å². The summed E-state index contributed by atoms with van der Waals surface area (Å²) in [5.74, 6) is 0.262. The molecule has 5 rings (SSSR count). The van der Waals surface area contributed by atoms with Crippen LogP contribution >= 0.6 is 11.6 Å². The molecular formula is C33H43ClN2O6S. The normalized spacial score (nSPS) is 29.3. The number of ether oxygens (including phenoxy) is 1. The molecule has 1 fully saturated rings. The molecule has 0 aromatic heterocycles. The molecule has 6 atom stereocenters. The number of amides is 1. The third-order valence-electron chi connectivity index (χ3n) is 9.24. The molecule has 2 aromatic carbocycles. The SMILES string of the molecule is C=O.CCCc1cc(Cl)ccc1C1COc2ccc3cc2N(C1)CC1CCC1C(O)/C=C/CC(C)C(C)S(=O)(=O)NC3=O. The lowest BCUT2D eigenvalue weighted by Gasteiger charge is -2.42. The molecule has 10 heteroatoms. The molecule has 8 nitrogen and oxygen atoms in total. The largest absolute Gasteiger partial charge is 0.491 e. The smallest absolute Gasteiger partial charge is 0.264 e. The van der Waals surface area contributed by atoms with Crippen molar-refractivity contribution in [3.05, 3.63) is 70.3 Å². The Morgan fingerprint density at radius 1 is 1.12 bits per heavy atom. The van der Waals surface area contributed by atoms with Gasteiger partial charge in [-0.1, -0.05) is 50.1 Å². The van der Waals surface area contributed by atoms with Gasteiger partial charge >= 0.3 is 0 Å². The van der Waals surface area contributed by atoms with E-state index < -0.39 is 27.3 Å². The van der Waals surface area contributed by atoms with Crippen LogP contribution in [-0.2, 0) is 21.2 Å². The van der Waals surface area contributed by atoms with Crippen molar-refractivity contribution in [3.8, 4) is 5.75 Å². The highest BCUT2D eigenvalue weighted by Gasteiger charge is 2.38. The quantitative estimate of drug-likeness (QED) is 0.429. The zero-order valence-corrected chi connectivity index (χ0v) is 26.7. The van der Waals surface area contributed by atoms with Crippen LogP contribution in [0.3, 0.4) is 0 Å². The van der Waals surface area contributed by atoms with Crippen molar-refractivity contribution in [2.24, 2.45) is 17.8 Å². The number of anilines is 1. The van der Waals surface area contributed by atoms with Crippen molar-refractivity contribution < 1.29 is 27.9 Å². The first-order valence-electron chi connectivity index (χ1n) is 15.1. The minimum atomic E-state index is -3.91. The second kappa shape index (κ2) is 14.3. The number of halogens is 1. The number of aryl methyl sites for hydroxylation is 1. The lowest BCUT2D eigenvalue weighted by molar-refractivity contribution is -0.0980. The summed E-state index contributed by atoms with van der Waals surface area (Å²) in [5.41, 5.74) is 3.46. The molecule has 1 aliphatic carbocycles. The number of allylic oxidation sites excluding steroid dienone is 1. The molecule has 0 spiro atoms. The highest BCUT2D eigenvalue weighted by Crippen LogP contribution is 2.42. The van der Waals surface area contributed by atoms with Crippen LogP contribution in [0.1, 0.15) is 73.9 Å². The van der Waals surface area contributed by atoms with Crippen LogP contribution < -0.4 is 14.4 Å². The average Bonchev–Trinajstić information content (AvgIpc) is 3.14. The molecule has 1 saturated carbocycles. The van der Waals surface area contributed by atoms with Crippen LogP contribution in [0.5, 0.6) is 5.75 Å². The van der Waals surface area contributed by atoms with E-state index in [0.29, 0.717) is 36.9 Å². The molecule has 2 aliphatic heterocycles. The first-order valence-corrected chi connectivity index (χ1v) is 17.0. The van der Waals surface area contributed by atoms with Crippen LogP contribution in [0.2, 0.25) is 5.02 Å². The Balaban J connectivity index is 0.00000207. The Morgan fingerprint density at radius 3 is 2.58 bits per heavy atom. The fourth-order valence-corrected chi connectivity index (χ4v) is 7.84. The van der Waals surface area contributed by atoms with Crippen LogP contribution in [0.4, 0.5) is 5.69 Å². The molecule has 2 bridgehead atoms. The lowest BCUT2D eigenvalue weighted by atomic mass is 9.70. The van der Waals surface area contributed by atoms with E-state index in [-0.39, 0.29) is 29.2 Å². The molecule has 2 N–H and O–H groups in total. The Hall–Kier alpha value is -2.88. The number of hydrogen-bond acceptors (Lipinski definition) is 7. The average molecular weight is 631 g/mol. The molecule has 3 aliphatic rings. The summed E-state index contributed by atoms with van der Waals surface area (Å²) in [5, 5.41) is 11.0. The summed E-state index contributed by atoms with van der Waals surface area (Å²) < 4.78 is 34.8. The van der Waals surface area contributed by atoms with Gasteiger partial charge in [-0.05, 0) is 91.8 Å². The van der Waals surface area contributed by atoms with E-state index in [1.54, 1.807) is 25.1 Å². The molecule has 234 valence electrons. The number of aliphatic hydroxyl groups is 1. The predicted octanol–water partition coefficient (Wildman–Crippen LogP) is 5.52. The summed E-state index contributed by atoms with van der Waals surface area (Å²) in [7, 11) is -3.91. The van der Waals surface area contributed by atoms with Gasteiger partial charge in [-0.25, -0.2) is 13.1 Å². The molecule has 6 unspecified atom stereocenters. The van der Waals surface area contributed by atoms with Crippen molar-refractivity contribution in [1.29, 1.82) is 0 Å². The van der Waals surface area contributed by atoms with Gasteiger partial charge in [-0.3, -0.25) is 4.79 Å². The second-order valence-electron chi connectivity index (χ2n) is 12.0. The highest BCUT2D eigenvalue weighted by molar-refractivity contribution is 7.90. The van der Waals surface area contributed by atoms with E-state index in [1.807, 2.05) is 38.0 Å². The van der Waals surface area contributed by atoms with Crippen molar-refractivity contribution in [1.82, 2.24) is 4.72 Å². The monoisotopic (exact) mass is 630 g/mol. The van der Waals surface area contributed by atoms with Crippen molar-refractivity contribution in [3.63, 3.8) is 0 Å². The number of sulfonamides is 1. The lowest BCUT2D eigenvalue weighted by Crippen LogP contribution is -2.44. The van der Waals surface area contributed by atoms with Crippen LogP contribution in [-0.4, -0.2) is 57.3 Å². The maximum Gasteiger partial charge on any atom is 0.264 e. The Kier molecular flexibility index (Phi) is 11.0. The molecule has 1 amide bonds. The summed E-state index contributed by atoms with van der Waals surface area (Å²) in [6.45, 7) is 9.46. The topological polar surface area (TPSA) is 113 Å². The van der Waals surface area contributed by atoms with Gasteiger partial charge in [0.25, 0.3) is 5.91 Å².